The maximum Gasteiger partial charge on any atom is 0.315 e. The molecular weight excluding hydrogens is 352 g/mol. The van der Waals surface area contributed by atoms with Crippen molar-refractivity contribution in [2.45, 2.75) is 19.5 Å². The Morgan fingerprint density at radius 1 is 1.23 bits per heavy atom. The van der Waals surface area contributed by atoms with Crippen LogP contribution in [-0.4, -0.2) is 15.6 Å². The number of hydrogen-bond donors (Lipinski definition) is 2. The van der Waals surface area contributed by atoms with Crippen molar-refractivity contribution in [3.05, 3.63) is 75.3 Å². The molecule has 0 saturated heterocycles. The number of fused-ring (bicyclic) bond motifs is 1. The van der Waals surface area contributed by atoms with Crippen LogP contribution in [0.5, 0.6) is 0 Å². The van der Waals surface area contributed by atoms with Crippen LogP contribution in [0.15, 0.2) is 53.3 Å². The van der Waals surface area contributed by atoms with E-state index in [9.17, 15) is 9.59 Å². The largest absolute Gasteiger partial charge is 0.334 e. The highest BCUT2D eigenvalue weighted by atomic mass is 35.5. The van der Waals surface area contributed by atoms with Crippen molar-refractivity contribution in [1.29, 1.82) is 0 Å². The molecule has 3 rings (SSSR count). The van der Waals surface area contributed by atoms with Gasteiger partial charge in [0, 0.05) is 18.6 Å². The Morgan fingerprint density at radius 3 is 2.69 bits per heavy atom. The molecule has 0 saturated carbocycles. The summed E-state index contributed by atoms with van der Waals surface area (Å²) in [4.78, 5) is 29.2. The maximum atomic E-state index is 12.5. The summed E-state index contributed by atoms with van der Waals surface area (Å²) in [5.41, 5.74) is 1.33. The van der Waals surface area contributed by atoms with Crippen LogP contribution in [0, 0.1) is 0 Å². The summed E-state index contributed by atoms with van der Waals surface area (Å²) in [7, 11) is 1.64. The number of carbonyl (C=O) groups excluding carboxylic acids is 1. The number of halogens is 1. The molecule has 0 fully saturated rings. The fourth-order valence-corrected chi connectivity index (χ4v) is 2.91. The number of amides is 2. The molecule has 6 nitrogen and oxygen atoms in total. The van der Waals surface area contributed by atoms with Crippen molar-refractivity contribution in [3.63, 3.8) is 0 Å². The van der Waals surface area contributed by atoms with E-state index in [1.165, 1.54) is 4.57 Å². The van der Waals surface area contributed by atoms with E-state index in [0.717, 1.165) is 5.56 Å². The van der Waals surface area contributed by atoms with E-state index in [-0.39, 0.29) is 11.6 Å². The van der Waals surface area contributed by atoms with Crippen LogP contribution in [0.2, 0.25) is 5.02 Å². The van der Waals surface area contributed by atoms with Crippen molar-refractivity contribution in [2.24, 2.45) is 7.05 Å². The Kier molecular flexibility index (Phi) is 5.23. The molecule has 0 aliphatic rings. The molecule has 3 aromatic rings. The van der Waals surface area contributed by atoms with E-state index < -0.39 is 6.04 Å². The molecule has 0 bridgehead atoms. The minimum atomic E-state index is -0.452. The van der Waals surface area contributed by atoms with Crippen LogP contribution in [0.4, 0.5) is 4.79 Å². The van der Waals surface area contributed by atoms with E-state index in [0.29, 0.717) is 28.3 Å². The van der Waals surface area contributed by atoms with Gasteiger partial charge in [0.2, 0.25) is 0 Å². The summed E-state index contributed by atoms with van der Waals surface area (Å²) < 4.78 is 1.44. The van der Waals surface area contributed by atoms with Crippen molar-refractivity contribution < 1.29 is 4.79 Å². The molecule has 2 amide bonds. The molecule has 26 heavy (non-hydrogen) atoms. The fraction of sp³-hybridized carbons (Fsp3) is 0.211. The van der Waals surface area contributed by atoms with Gasteiger partial charge < -0.3 is 10.6 Å². The molecule has 2 aromatic carbocycles. The Labute approximate surface area is 155 Å². The molecule has 0 radical (unpaired) electrons. The van der Waals surface area contributed by atoms with Crippen molar-refractivity contribution >= 4 is 28.5 Å². The zero-order chi connectivity index (χ0) is 18.7. The third kappa shape index (κ3) is 3.86. The average Bonchev–Trinajstić information content (AvgIpc) is 2.63. The van der Waals surface area contributed by atoms with Gasteiger partial charge in [-0.25, -0.2) is 9.78 Å². The Bertz CT molecular complexity index is 1000. The highest BCUT2D eigenvalue weighted by molar-refractivity contribution is 6.31. The third-order valence-electron chi connectivity index (χ3n) is 4.10. The highest BCUT2D eigenvalue weighted by Gasteiger charge is 2.16. The molecule has 0 spiro atoms. The lowest BCUT2D eigenvalue weighted by atomic mass is 10.2. The van der Waals surface area contributed by atoms with Crippen LogP contribution in [-0.2, 0) is 13.6 Å². The van der Waals surface area contributed by atoms with Crippen LogP contribution < -0.4 is 16.2 Å². The van der Waals surface area contributed by atoms with Gasteiger partial charge in [-0.2, -0.15) is 0 Å². The first-order valence-electron chi connectivity index (χ1n) is 8.20. The topological polar surface area (TPSA) is 76.0 Å². The molecule has 1 atom stereocenters. The number of hydrogen-bond acceptors (Lipinski definition) is 3. The van der Waals surface area contributed by atoms with Gasteiger partial charge in [-0.3, -0.25) is 9.36 Å². The summed E-state index contributed by atoms with van der Waals surface area (Å²) in [5.74, 6) is 0.458. The minimum Gasteiger partial charge on any atom is -0.334 e. The lowest BCUT2D eigenvalue weighted by Gasteiger charge is -2.17. The number of carbonyl (C=O) groups is 1. The molecule has 1 aromatic heterocycles. The summed E-state index contributed by atoms with van der Waals surface area (Å²) in [6.07, 6.45) is 0. The molecular formula is C19H19ClN4O2. The lowest BCUT2D eigenvalue weighted by molar-refractivity contribution is 0.237. The first kappa shape index (κ1) is 17.9. The maximum absolute atomic E-state index is 12.5. The minimum absolute atomic E-state index is 0.181. The molecule has 0 aliphatic carbocycles. The van der Waals surface area contributed by atoms with Crippen LogP contribution in [0.1, 0.15) is 24.4 Å². The molecule has 1 heterocycles. The predicted molar refractivity (Wildman–Crippen MR) is 102 cm³/mol. The lowest BCUT2D eigenvalue weighted by Crippen LogP contribution is -2.38. The van der Waals surface area contributed by atoms with E-state index in [1.54, 1.807) is 32.2 Å². The van der Waals surface area contributed by atoms with Crippen LogP contribution >= 0.6 is 11.6 Å². The van der Waals surface area contributed by atoms with Crippen molar-refractivity contribution in [1.82, 2.24) is 20.2 Å². The first-order valence-corrected chi connectivity index (χ1v) is 8.58. The van der Waals surface area contributed by atoms with Gasteiger partial charge in [-0.05, 0) is 30.7 Å². The number of rotatable bonds is 4. The van der Waals surface area contributed by atoms with Crippen LogP contribution in [0.25, 0.3) is 10.9 Å². The second kappa shape index (κ2) is 7.58. The number of urea groups is 1. The van der Waals surface area contributed by atoms with Gasteiger partial charge in [0.1, 0.15) is 5.82 Å². The molecule has 7 heteroatoms. The molecule has 0 aliphatic heterocycles. The fourth-order valence-electron chi connectivity index (χ4n) is 2.74. The third-order valence-corrected chi connectivity index (χ3v) is 4.34. The number of nitrogens with one attached hydrogen (secondary N) is 2. The van der Waals surface area contributed by atoms with E-state index >= 15 is 0 Å². The normalized spacial score (nSPS) is 12.0. The summed E-state index contributed by atoms with van der Waals surface area (Å²) in [6.45, 7) is 2.19. The van der Waals surface area contributed by atoms with Gasteiger partial charge in [-0.15, -0.1) is 0 Å². The summed E-state index contributed by atoms with van der Waals surface area (Å²) in [5, 5.41) is 6.59. The quantitative estimate of drug-likeness (QED) is 0.740. The zero-order valence-electron chi connectivity index (χ0n) is 14.5. The van der Waals surface area contributed by atoms with Gasteiger partial charge in [0.05, 0.1) is 16.9 Å². The number of benzene rings is 2. The van der Waals surface area contributed by atoms with E-state index in [2.05, 4.69) is 15.6 Å². The number of aromatic nitrogens is 2. The van der Waals surface area contributed by atoms with Gasteiger partial charge in [0.15, 0.2) is 0 Å². The standard InChI is InChI=1S/C19H19ClN4O2/c1-12(22-19(26)21-11-13-6-4-3-5-7-13)17-23-16-10-14(20)8-9-15(16)18(25)24(17)2/h3-10,12H,11H2,1-2H3,(H2,21,22,26). The average molecular weight is 371 g/mol. The van der Waals surface area contributed by atoms with E-state index in [4.69, 9.17) is 11.6 Å². The number of nitrogens with zero attached hydrogens (tertiary/aromatic N) is 2. The second-order valence-electron chi connectivity index (χ2n) is 6.03. The SMILES string of the molecule is CC(NC(=O)NCc1ccccc1)c1nc2cc(Cl)ccc2c(=O)n1C. The Hall–Kier alpha value is -2.86. The summed E-state index contributed by atoms with van der Waals surface area (Å²) >= 11 is 6.00. The second-order valence-corrected chi connectivity index (χ2v) is 6.47. The predicted octanol–water partition coefficient (Wildman–Crippen LogP) is 3.15. The van der Waals surface area contributed by atoms with Crippen LogP contribution in [0.3, 0.4) is 0 Å². The molecule has 134 valence electrons. The molecule has 2 N–H and O–H groups in total. The zero-order valence-corrected chi connectivity index (χ0v) is 15.2. The smallest absolute Gasteiger partial charge is 0.315 e. The monoisotopic (exact) mass is 370 g/mol. The van der Waals surface area contributed by atoms with E-state index in [1.807, 2.05) is 30.3 Å². The molecule has 1 unspecified atom stereocenters. The Balaban J connectivity index is 1.76. The van der Waals surface area contributed by atoms with Gasteiger partial charge in [0.25, 0.3) is 5.56 Å². The van der Waals surface area contributed by atoms with Gasteiger partial charge >= 0.3 is 6.03 Å². The highest BCUT2D eigenvalue weighted by Crippen LogP contribution is 2.17. The first-order chi connectivity index (χ1) is 12.5. The Morgan fingerprint density at radius 2 is 1.96 bits per heavy atom. The summed E-state index contributed by atoms with van der Waals surface area (Å²) in [6, 6.07) is 13.8. The van der Waals surface area contributed by atoms with Crippen molar-refractivity contribution in [2.75, 3.05) is 0 Å². The van der Waals surface area contributed by atoms with Crippen molar-refractivity contribution in [3.8, 4) is 0 Å². The van der Waals surface area contributed by atoms with Gasteiger partial charge in [-0.1, -0.05) is 41.9 Å².